The molecule has 4 rings (SSSR count). The van der Waals surface area contributed by atoms with Gasteiger partial charge in [0.25, 0.3) is 5.91 Å². The van der Waals surface area contributed by atoms with Crippen molar-refractivity contribution in [3.63, 3.8) is 0 Å². The van der Waals surface area contributed by atoms with Crippen LogP contribution in [0, 0.1) is 0 Å². The van der Waals surface area contributed by atoms with E-state index in [0.29, 0.717) is 62.3 Å². The first-order valence-electron chi connectivity index (χ1n) is 9.13. The molecular formula is C19H20N4O5. The summed E-state index contributed by atoms with van der Waals surface area (Å²) in [4.78, 5) is 27.6. The molecule has 0 unspecified atom stereocenters. The molecule has 1 fully saturated rings. The Hall–Kier alpha value is -3.36. The number of aromatic nitrogens is 2. The molecule has 0 spiro atoms. The van der Waals surface area contributed by atoms with Crippen molar-refractivity contribution < 1.29 is 24.2 Å². The number of fused-ring (bicyclic) bond motifs is 1. The van der Waals surface area contributed by atoms with Crippen LogP contribution in [0.5, 0.6) is 11.5 Å². The van der Waals surface area contributed by atoms with Crippen LogP contribution in [0.4, 0.5) is 5.82 Å². The van der Waals surface area contributed by atoms with Crippen LogP contribution in [0.1, 0.15) is 27.3 Å². The van der Waals surface area contributed by atoms with E-state index in [4.69, 9.17) is 14.6 Å². The summed E-state index contributed by atoms with van der Waals surface area (Å²) in [6, 6.07) is 8.35. The number of anilines is 1. The van der Waals surface area contributed by atoms with Gasteiger partial charge in [-0.05, 0) is 36.8 Å². The quantitative estimate of drug-likeness (QED) is 0.844. The van der Waals surface area contributed by atoms with E-state index in [-0.39, 0.29) is 11.6 Å². The van der Waals surface area contributed by atoms with Crippen molar-refractivity contribution in [2.45, 2.75) is 6.42 Å². The highest BCUT2D eigenvalue weighted by Crippen LogP contribution is 2.31. The Kier molecular flexibility index (Phi) is 4.96. The first kappa shape index (κ1) is 18.0. The topological polar surface area (TPSA) is 105 Å². The highest BCUT2D eigenvalue weighted by molar-refractivity contribution is 5.95. The van der Waals surface area contributed by atoms with E-state index in [1.54, 1.807) is 24.3 Å². The zero-order chi connectivity index (χ0) is 19.5. The smallest absolute Gasteiger partial charge is 0.356 e. The lowest BCUT2D eigenvalue weighted by atomic mass is 10.1. The Morgan fingerprint density at radius 3 is 2.50 bits per heavy atom. The van der Waals surface area contributed by atoms with Gasteiger partial charge in [0.15, 0.2) is 23.0 Å². The lowest BCUT2D eigenvalue weighted by molar-refractivity contribution is 0.0688. The third-order valence-electron chi connectivity index (χ3n) is 4.77. The summed E-state index contributed by atoms with van der Waals surface area (Å²) in [5.74, 6) is 0.714. The molecule has 28 heavy (non-hydrogen) atoms. The molecule has 1 N–H and O–H groups in total. The van der Waals surface area contributed by atoms with Crippen molar-refractivity contribution in [2.75, 3.05) is 44.3 Å². The average molecular weight is 384 g/mol. The third-order valence-corrected chi connectivity index (χ3v) is 4.77. The molecule has 9 heteroatoms. The predicted molar refractivity (Wildman–Crippen MR) is 99.2 cm³/mol. The number of nitrogens with zero attached hydrogens (tertiary/aromatic N) is 4. The van der Waals surface area contributed by atoms with Crippen LogP contribution in [0.3, 0.4) is 0 Å². The van der Waals surface area contributed by atoms with Crippen molar-refractivity contribution in [1.29, 1.82) is 0 Å². The van der Waals surface area contributed by atoms with Crippen LogP contribution in [-0.4, -0.2) is 71.5 Å². The number of amides is 1. The van der Waals surface area contributed by atoms with E-state index in [1.807, 2.05) is 9.80 Å². The second kappa shape index (κ2) is 7.71. The first-order valence-corrected chi connectivity index (χ1v) is 9.13. The summed E-state index contributed by atoms with van der Waals surface area (Å²) in [5.41, 5.74) is 0.484. The number of aromatic carboxylic acids is 1. The molecule has 1 aromatic carbocycles. The summed E-state index contributed by atoms with van der Waals surface area (Å²) in [6.07, 6.45) is 0.776. The van der Waals surface area contributed by atoms with E-state index in [2.05, 4.69) is 10.2 Å². The number of benzene rings is 1. The van der Waals surface area contributed by atoms with Crippen LogP contribution in [0.2, 0.25) is 0 Å². The van der Waals surface area contributed by atoms with Gasteiger partial charge in [-0.15, -0.1) is 10.2 Å². The summed E-state index contributed by atoms with van der Waals surface area (Å²) < 4.78 is 11.1. The van der Waals surface area contributed by atoms with Crippen LogP contribution in [-0.2, 0) is 0 Å². The average Bonchev–Trinajstić information content (AvgIpc) is 2.99. The van der Waals surface area contributed by atoms with Crippen molar-refractivity contribution in [1.82, 2.24) is 15.1 Å². The number of carboxylic acids is 1. The minimum atomic E-state index is -1.11. The monoisotopic (exact) mass is 384 g/mol. The maximum Gasteiger partial charge on any atom is 0.356 e. The molecule has 2 aliphatic rings. The highest BCUT2D eigenvalue weighted by Gasteiger charge is 2.23. The second-order valence-corrected chi connectivity index (χ2v) is 6.57. The van der Waals surface area contributed by atoms with Crippen molar-refractivity contribution in [3.05, 3.63) is 41.6 Å². The van der Waals surface area contributed by atoms with Gasteiger partial charge in [0.2, 0.25) is 0 Å². The van der Waals surface area contributed by atoms with E-state index >= 15 is 0 Å². The standard InChI is InChI=1S/C19H20N4O5/c24-18(13-2-4-15-16(12-13)28-11-10-27-15)23-7-1-6-22(8-9-23)17-5-3-14(19(25)26)20-21-17/h2-5,12H,1,6-11H2,(H,25,26). The number of carboxylic acid groups (broad SMARTS) is 1. The fourth-order valence-corrected chi connectivity index (χ4v) is 3.32. The molecule has 0 saturated carbocycles. The van der Waals surface area contributed by atoms with Crippen molar-refractivity contribution >= 4 is 17.7 Å². The van der Waals surface area contributed by atoms with Crippen molar-refractivity contribution in [2.24, 2.45) is 0 Å². The molecule has 1 aromatic heterocycles. The molecule has 9 nitrogen and oxygen atoms in total. The fourth-order valence-electron chi connectivity index (χ4n) is 3.32. The summed E-state index contributed by atoms with van der Waals surface area (Å²) in [7, 11) is 0. The minimum absolute atomic E-state index is 0.0499. The second-order valence-electron chi connectivity index (χ2n) is 6.57. The van der Waals surface area contributed by atoms with Gasteiger partial charge in [-0.1, -0.05) is 0 Å². The fraction of sp³-hybridized carbons (Fsp3) is 0.368. The molecular weight excluding hydrogens is 364 g/mol. The molecule has 2 aromatic rings. The van der Waals surface area contributed by atoms with Gasteiger partial charge in [0, 0.05) is 31.7 Å². The lowest BCUT2D eigenvalue weighted by Crippen LogP contribution is -2.35. The van der Waals surface area contributed by atoms with Crippen molar-refractivity contribution in [3.8, 4) is 11.5 Å². The highest BCUT2D eigenvalue weighted by atomic mass is 16.6. The summed E-state index contributed by atoms with van der Waals surface area (Å²) >= 11 is 0. The minimum Gasteiger partial charge on any atom is -0.486 e. The van der Waals surface area contributed by atoms with E-state index in [0.717, 1.165) is 6.42 Å². The number of rotatable bonds is 3. The largest absolute Gasteiger partial charge is 0.486 e. The number of hydrogen-bond donors (Lipinski definition) is 1. The van der Waals surface area contributed by atoms with Gasteiger partial charge < -0.3 is 24.4 Å². The zero-order valence-corrected chi connectivity index (χ0v) is 15.2. The molecule has 2 aliphatic heterocycles. The maximum absolute atomic E-state index is 12.9. The molecule has 3 heterocycles. The van der Waals surface area contributed by atoms with Gasteiger partial charge in [-0.25, -0.2) is 4.79 Å². The van der Waals surface area contributed by atoms with E-state index in [1.165, 1.54) is 6.07 Å². The molecule has 0 atom stereocenters. The SMILES string of the molecule is O=C(O)c1ccc(N2CCCN(C(=O)c3ccc4c(c3)OCCO4)CC2)nn1. The van der Waals surface area contributed by atoms with Crippen LogP contribution >= 0.6 is 0 Å². The van der Waals surface area contributed by atoms with Gasteiger partial charge in [0.1, 0.15) is 13.2 Å². The Balaban J connectivity index is 1.43. The van der Waals surface area contributed by atoms with Crippen LogP contribution in [0.25, 0.3) is 0 Å². The number of hydrogen-bond acceptors (Lipinski definition) is 7. The lowest BCUT2D eigenvalue weighted by Gasteiger charge is -2.23. The predicted octanol–water partition coefficient (Wildman–Crippen LogP) is 1.30. The molecule has 1 saturated heterocycles. The Morgan fingerprint density at radius 2 is 1.75 bits per heavy atom. The number of carbonyl (C=O) groups excluding carboxylic acids is 1. The summed E-state index contributed by atoms with van der Waals surface area (Å²) in [6.45, 7) is 3.47. The molecule has 1 amide bonds. The molecule has 0 bridgehead atoms. The van der Waals surface area contributed by atoms with Gasteiger partial charge in [-0.2, -0.15) is 0 Å². The number of ether oxygens (including phenoxy) is 2. The van der Waals surface area contributed by atoms with Gasteiger partial charge in [-0.3, -0.25) is 4.79 Å². The maximum atomic E-state index is 12.9. The third kappa shape index (κ3) is 3.68. The Labute approximate surface area is 161 Å². The van der Waals surface area contributed by atoms with Gasteiger partial charge in [0.05, 0.1) is 0 Å². The van der Waals surface area contributed by atoms with E-state index < -0.39 is 5.97 Å². The molecule has 0 radical (unpaired) electrons. The van der Waals surface area contributed by atoms with Crippen LogP contribution < -0.4 is 14.4 Å². The molecule has 146 valence electrons. The van der Waals surface area contributed by atoms with Crippen LogP contribution in [0.15, 0.2) is 30.3 Å². The summed E-state index contributed by atoms with van der Waals surface area (Å²) in [5, 5.41) is 16.7. The Morgan fingerprint density at radius 1 is 0.929 bits per heavy atom. The molecule has 0 aliphatic carbocycles. The van der Waals surface area contributed by atoms with E-state index in [9.17, 15) is 9.59 Å². The zero-order valence-electron chi connectivity index (χ0n) is 15.2. The first-order chi connectivity index (χ1) is 13.6. The normalized spacial score (nSPS) is 16.4. The number of carbonyl (C=O) groups is 2. The Bertz CT molecular complexity index is 886. The van der Waals surface area contributed by atoms with Gasteiger partial charge >= 0.3 is 5.97 Å².